The molecule has 1 aromatic carbocycles. The molecule has 0 fully saturated rings. The van der Waals surface area contributed by atoms with Crippen LogP contribution in [0.4, 0.5) is 0 Å². The van der Waals surface area contributed by atoms with Gasteiger partial charge in [-0.3, -0.25) is 0 Å². The number of benzene rings is 1. The first kappa shape index (κ1) is 16.0. The Hall–Kier alpha value is -0.0300. The third kappa shape index (κ3) is 6.23. The van der Waals surface area contributed by atoms with Gasteiger partial charge in [0.25, 0.3) is 0 Å². The normalized spacial score (nSPS) is 12.6. The molecule has 0 bridgehead atoms. The van der Waals surface area contributed by atoms with Gasteiger partial charge in [-0.2, -0.15) is 11.8 Å². The van der Waals surface area contributed by atoms with Crippen molar-refractivity contribution < 1.29 is 5.11 Å². The lowest BCUT2D eigenvalue weighted by molar-refractivity contribution is 0.296. The predicted molar refractivity (Wildman–Crippen MR) is 84.2 cm³/mol. The summed E-state index contributed by atoms with van der Waals surface area (Å²) in [6, 6.07) is 8.92. The van der Waals surface area contributed by atoms with Crippen molar-refractivity contribution in [3.8, 4) is 0 Å². The van der Waals surface area contributed by atoms with Crippen LogP contribution in [0.5, 0.6) is 0 Å². The topological polar surface area (TPSA) is 32.3 Å². The molecule has 0 aliphatic carbocycles. The van der Waals surface area contributed by atoms with Gasteiger partial charge in [0.15, 0.2) is 0 Å². The van der Waals surface area contributed by atoms with E-state index in [2.05, 4.69) is 52.4 Å². The minimum Gasteiger partial charge on any atom is -0.396 e. The standard InChI is InChI=1S/C14H22BrNOS/c1-2-14(12-5-3-6-13(15)11-12)16-7-10-18-9-4-8-17/h3,5-6,11,14,16-17H,2,4,7-10H2,1H3. The molecule has 2 nitrogen and oxygen atoms in total. The SMILES string of the molecule is CCC(NCCSCCCO)c1cccc(Br)c1. The molecule has 0 saturated carbocycles. The Morgan fingerprint density at radius 3 is 2.89 bits per heavy atom. The first-order valence-electron chi connectivity index (χ1n) is 6.45. The highest BCUT2D eigenvalue weighted by molar-refractivity contribution is 9.10. The molecule has 0 aliphatic heterocycles. The third-order valence-corrected chi connectivity index (χ3v) is 4.31. The maximum absolute atomic E-state index is 8.69. The zero-order chi connectivity index (χ0) is 13.2. The summed E-state index contributed by atoms with van der Waals surface area (Å²) >= 11 is 5.41. The van der Waals surface area contributed by atoms with Crippen molar-refractivity contribution >= 4 is 27.7 Å². The fourth-order valence-corrected chi connectivity index (χ4v) is 3.01. The molecule has 0 saturated heterocycles. The van der Waals surface area contributed by atoms with Gasteiger partial charge < -0.3 is 10.4 Å². The van der Waals surface area contributed by atoms with Crippen molar-refractivity contribution in [1.29, 1.82) is 0 Å². The summed E-state index contributed by atoms with van der Waals surface area (Å²) < 4.78 is 1.14. The van der Waals surface area contributed by atoms with Gasteiger partial charge in [-0.15, -0.1) is 0 Å². The van der Waals surface area contributed by atoms with Gasteiger partial charge in [-0.05, 0) is 36.3 Å². The highest BCUT2D eigenvalue weighted by atomic mass is 79.9. The van der Waals surface area contributed by atoms with Crippen LogP contribution in [0.15, 0.2) is 28.7 Å². The fraction of sp³-hybridized carbons (Fsp3) is 0.571. The number of thioether (sulfide) groups is 1. The molecule has 0 heterocycles. The molecule has 4 heteroatoms. The quantitative estimate of drug-likeness (QED) is 0.678. The summed E-state index contributed by atoms with van der Waals surface area (Å²) in [5, 5.41) is 12.3. The number of rotatable bonds is 9. The smallest absolute Gasteiger partial charge is 0.0438 e. The lowest BCUT2D eigenvalue weighted by Gasteiger charge is -2.17. The lowest BCUT2D eigenvalue weighted by atomic mass is 10.1. The number of aliphatic hydroxyl groups is 1. The molecule has 0 aromatic heterocycles. The van der Waals surface area contributed by atoms with E-state index in [1.54, 1.807) is 0 Å². The molecule has 1 unspecified atom stereocenters. The van der Waals surface area contributed by atoms with Crippen LogP contribution < -0.4 is 5.32 Å². The molecule has 1 atom stereocenters. The number of aliphatic hydroxyl groups excluding tert-OH is 1. The first-order valence-corrected chi connectivity index (χ1v) is 8.40. The highest BCUT2D eigenvalue weighted by Gasteiger charge is 2.08. The monoisotopic (exact) mass is 331 g/mol. The number of nitrogens with one attached hydrogen (secondary N) is 1. The van der Waals surface area contributed by atoms with Gasteiger partial charge in [0.2, 0.25) is 0 Å². The maximum atomic E-state index is 8.69. The van der Waals surface area contributed by atoms with E-state index in [4.69, 9.17) is 5.11 Å². The minimum atomic E-state index is 0.302. The van der Waals surface area contributed by atoms with E-state index in [1.807, 2.05) is 11.8 Å². The van der Waals surface area contributed by atoms with Crippen LogP contribution >= 0.6 is 27.7 Å². The van der Waals surface area contributed by atoms with Crippen LogP contribution in [0, 0.1) is 0 Å². The predicted octanol–water partition coefficient (Wildman–Crippen LogP) is 3.61. The van der Waals surface area contributed by atoms with Crippen LogP contribution in [0.3, 0.4) is 0 Å². The largest absolute Gasteiger partial charge is 0.396 e. The van der Waals surface area contributed by atoms with E-state index in [-0.39, 0.29) is 0 Å². The van der Waals surface area contributed by atoms with Crippen molar-refractivity contribution in [3.05, 3.63) is 34.3 Å². The highest BCUT2D eigenvalue weighted by Crippen LogP contribution is 2.20. The van der Waals surface area contributed by atoms with Gasteiger partial charge in [0.1, 0.15) is 0 Å². The van der Waals surface area contributed by atoms with Gasteiger partial charge in [0, 0.05) is 29.4 Å². The van der Waals surface area contributed by atoms with Crippen molar-refractivity contribution in [3.63, 3.8) is 0 Å². The van der Waals surface area contributed by atoms with Gasteiger partial charge in [-0.1, -0.05) is 35.0 Å². The van der Waals surface area contributed by atoms with Gasteiger partial charge >= 0.3 is 0 Å². The average molecular weight is 332 g/mol. The molecule has 2 N–H and O–H groups in total. The van der Waals surface area contributed by atoms with E-state index in [1.165, 1.54) is 5.56 Å². The molecule has 1 aromatic rings. The second-order valence-electron chi connectivity index (χ2n) is 4.16. The second-order valence-corrected chi connectivity index (χ2v) is 6.30. The Bertz CT molecular complexity index is 335. The van der Waals surface area contributed by atoms with Crippen molar-refractivity contribution in [2.75, 3.05) is 24.7 Å². The third-order valence-electron chi connectivity index (χ3n) is 2.74. The molecular weight excluding hydrogens is 310 g/mol. The van der Waals surface area contributed by atoms with Crippen LogP contribution in [-0.2, 0) is 0 Å². The Morgan fingerprint density at radius 2 is 2.22 bits per heavy atom. The summed E-state index contributed by atoms with van der Waals surface area (Å²) in [4.78, 5) is 0. The van der Waals surface area contributed by atoms with E-state index in [9.17, 15) is 0 Å². The van der Waals surface area contributed by atoms with Crippen LogP contribution in [0.25, 0.3) is 0 Å². The van der Waals surface area contributed by atoms with E-state index in [0.717, 1.165) is 35.4 Å². The van der Waals surface area contributed by atoms with E-state index < -0.39 is 0 Å². The molecule has 0 spiro atoms. The lowest BCUT2D eigenvalue weighted by Crippen LogP contribution is -2.23. The van der Waals surface area contributed by atoms with Crippen LogP contribution in [0.2, 0.25) is 0 Å². The average Bonchev–Trinajstić information content (AvgIpc) is 2.38. The Balaban J connectivity index is 2.29. The Labute approximate surface area is 123 Å². The summed E-state index contributed by atoms with van der Waals surface area (Å²) in [5.74, 6) is 2.15. The maximum Gasteiger partial charge on any atom is 0.0438 e. The second kappa shape index (κ2) is 9.84. The van der Waals surface area contributed by atoms with Crippen molar-refractivity contribution in [1.82, 2.24) is 5.32 Å². The number of hydrogen-bond acceptors (Lipinski definition) is 3. The summed E-state index contributed by atoms with van der Waals surface area (Å²) in [6.45, 7) is 3.52. The first-order chi connectivity index (χ1) is 8.77. The zero-order valence-corrected chi connectivity index (χ0v) is 13.3. The van der Waals surface area contributed by atoms with E-state index in [0.29, 0.717) is 12.6 Å². The summed E-state index contributed by atoms with van der Waals surface area (Å²) in [6.07, 6.45) is 1.99. The molecule has 18 heavy (non-hydrogen) atoms. The summed E-state index contributed by atoms with van der Waals surface area (Å²) in [5.41, 5.74) is 1.34. The fourth-order valence-electron chi connectivity index (χ4n) is 1.80. The Morgan fingerprint density at radius 1 is 1.39 bits per heavy atom. The van der Waals surface area contributed by atoms with Gasteiger partial charge in [-0.25, -0.2) is 0 Å². The zero-order valence-electron chi connectivity index (χ0n) is 10.9. The number of hydrogen-bond donors (Lipinski definition) is 2. The molecule has 0 radical (unpaired) electrons. The van der Waals surface area contributed by atoms with Gasteiger partial charge in [0.05, 0.1) is 0 Å². The van der Waals surface area contributed by atoms with Crippen LogP contribution in [-0.4, -0.2) is 29.8 Å². The minimum absolute atomic E-state index is 0.302. The summed E-state index contributed by atoms with van der Waals surface area (Å²) in [7, 11) is 0. The molecule has 1 rings (SSSR count). The molecule has 0 amide bonds. The Kier molecular flexibility index (Phi) is 8.76. The number of halogens is 1. The van der Waals surface area contributed by atoms with Crippen molar-refractivity contribution in [2.45, 2.75) is 25.8 Å². The molecular formula is C14H22BrNOS. The van der Waals surface area contributed by atoms with Crippen molar-refractivity contribution in [2.24, 2.45) is 0 Å². The molecule has 0 aliphatic rings. The van der Waals surface area contributed by atoms with Crippen LogP contribution in [0.1, 0.15) is 31.4 Å². The molecule has 102 valence electrons. The van der Waals surface area contributed by atoms with E-state index >= 15 is 0 Å².